The van der Waals surface area contributed by atoms with Crippen molar-refractivity contribution >= 4 is 24.0 Å². The van der Waals surface area contributed by atoms with E-state index >= 15 is 0 Å². The standard InChI is InChI=1S/C9H13N3O2S/c1-3-12(4-2)8-6(9(13)14)5-7(15)10-11-8/h5H,3-4H2,1-2H3,(H,10,15)(H,13,14). The zero-order valence-electron chi connectivity index (χ0n) is 8.65. The topological polar surface area (TPSA) is 69.2 Å². The predicted octanol–water partition coefficient (Wildman–Crippen LogP) is 1.68. The zero-order valence-corrected chi connectivity index (χ0v) is 9.47. The molecule has 0 unspecified atom stereocenters. The van der Waals surface area contributed by atoms with Crippen molar-refractivity contribution in [2.24, 2.45) is 0 Å². The van der Waals surface area contributed by atoms with Crippen LogP contribution in [0.5, 0.6) is 0 Å². The first-order valence-corrected chi connectivity index (χ1v) is 5.08. The second kappa shape index (κ2) is 4.88. The number of carboxylic acids is 1. The Morgan fingerprint density at radius 3 is 2.67 bits per heavy atom. The summed E-state index contributed by atoms with van der Waals surface area (Å²) in [6.45, 7) is 5.29. The van der Waals surface area contributed by atoms with Crippen LogP contribution in [0.3, 0.4) is 0 Å². The van der Waals surface area contributed by atoms with Crippen LogP contribution in [0.25, 0.3) is 0 Å². The van der Waals surface area contributed by atoms with Crippen LogP contribution in [-0.2, 0) is 0 Å². The molecule has 0 bridgehead atoms. The summed E-state index contributed by atoms with van der Waals surface area (Å²) in [6.07, 6.45) is 0. The van der Waals surface area contributed by atoms with Crippen molar-refractivity contribution in [3.8, 4) is 0 Å². The lowest BCUT2D eigenvalue weighted by atomic mass is 10.2. The normalized spacial score (nSPS) is 10.0. The van der Waals surface area contributed by atoms with Crippen LogP contribution in [0.2, 0.25) is 0 Å². The monoisotopic (exact) mass is 227 g/mol. The fourth-order valence-electron chi connectivity index (χ4n) is 1.32. The maximum absolute atomic E-state index is 11.0. The Hall–Kier alpha value is -1.43. The lowest BCUT2D eigenvalue weighted by molar-refractivity contribution is 0.0697. The molecule has 0 saturated carbocycles. The molecule has 0 spiro atoms. The minimum atomic E-state index is -1.01. The quantitative estimate of drug-likeness (QED) is 0.766. The van der Waals surface area contributed by atoms with Gasteiger partial charge in [-0.3, -0.25) is 5.10 Å². The van der Waals surface area contributed by atoms with E-state index in [1.807, 2.05) is 18.7 Å². The number of hydrogen-bond acceptors (Lipinski definition) is 4. The Bertz CT molecular complexity index is 412. The average molecular weight is 227 g/mol. The van der Waals surface area contributed by atoms with E-state index in [0.717, 1.165) is 0 Å². The number of aromatic nitrogens is 2. The number of aromatic carboxylic acids is 1. The van der Waals surface area contributed by atoms with Gasteiger partial charge in [-0.05, 0) is 19.9 Å². The van der Waals surface area contributed by atoms with E-state index in [2.05, 4.69) is 10.2 Å². The van der Waals surface area contributed by atoms with E-state index in [9.17, 15) is 4.79 Å². The van der Waals surface area contributed by atoms with Crippen LogP contribution in [0.15, 0.2) is 6.07 Å². The van der Waals surface area contributed by atoms with Gasteiger partial charge in [-0.2, -0.15) is 5.10 Å². The van der Waals surface area contributed by atoms with Gasteiger partial charge in [0.25, 0.3) is 0 Å². The number of carboxylic acid groups (broad SMARTS) is 1. The minimum Gasteiger partial charge on any atom is -0.478 e. The van der Waals surface area contributed by atoms with Crippen LogP contribution in [0.4, 0.5) is 5.82 Å². The largest absolute Gasteiger partial charge is 0.478 e. The average Bonchev–Trinajstić information content (AvgIpc) is 2.21. The van der Waals surface area contributed by atoms with Crippen LogP contribution < -0.4 is 4.90 Å². The summed E-state index contributed by atoms with van der Waals surface area (Å²) in [5.41, 5.74) is 0.141. The molecule has 0 atom stereocenters. The number of anilines is 1. The number of aromatic amines is 1. The molecule has 0 saturated heterocycles. The molecular formula is C9H13N3O2S. The first kappa shape index (κ1) is 11.6. The Morgan fingerprint density at radius 1 is 1.60 bits per heavy atom. The fourth-order valence-corrected chi connectivity index (χ4v) is 1.48. The van der Waals surface area contributed by atoms with Crippen molar-refractivity contribution in [1.29, 1.82) is 0 Å². The third kappa shape index (κ3) is 2.53. The Kier molecular flexibility index (Phi) is 3.79. The van der Waals surface area contributed by atoms with Gasteiger partial charge in [0.1, 0.15) is 10.2 Å². The lowest BCUT2D eigenvalue weighted by Gasteiger charge is -2.20. The molecule has 82 valence electrons. The summed E-state index contributed by atoms with van der Waals surface area (Å²) in [7, 11) is 0. The highest BCUT2D eigenvalue weighted by molar-refractivity contribution is 7.71. The van der Waals surface area contributed by atoms with Crippen molar-refractivity contribution in [1.82, 2.24) is 10.2 Å². The van der Waals surface area contributed by atoms with Crippen molar-refractivity contribution < 1.29 is 9.90 Å². The minimum absolute atomic E-state index is 0.141. The van der Waals surface area contributed by atoms with Gasteiger partial charge in [-0.25, -0.2) is 4.79 Å². The molecule has 1 aromatic rings. The molecule has 1 aromatic heterocycles. The molecular weight excluding hydrogens is 214 g/mol. The van der Waals surface area contributed by atoms with E-state index in [0.29, 0.717) is 23.5 Å². The number of H-pyrrole nitrogens is 1. The summed E-state index contributed by atoms with van der Waals surface area (Å²) in [5.74, 6) is -0.578. The molecule has 6 heteroatoms. The first-order valence-electron chi connectivity index (χ1n) is 4.68. The highest BCUT2D eigenvalue weighted by Gasteiger charge is 2.15. The molecule has 0 fully saturated rings. The first-order chi connectivity index (χ1) is 7.10. The zero-order chi connectivity index (χ0) is 11.4. The van der Waals surface area contributed by atoms with E-state index in [1.54, 1.807) is 0 Å². The van der Waals surface area contributed by atoms with E-state index in [-0.39, 0.29) is 5.56 Å². The van der Waals surface area contributed by atoms with Crippen molar-refractivity contribution in [3.05, 3.63) is 16.3 Å². The third-order valence-corrected chi connectivity index (χ3v) is 2.29. The third-order valence-electron chi connectivity index (χ3n) is 2.08. The van der Waals surface area contributed by atoms with Gasteiger partial charge in [0, 0.05) is 13.1 Å². The molecule has 5 nitrogen and oxygen atoms in total. The lowest BCUT2D eigenvalue weighted by Crippen LogP contribution is -2.25. The molecule has 0 amide bonds. The van der Waals surface area contributed by atoms with Crippen LogP contribution >= 0.6 is 12.2 Å². The Balaban J connectivity index is 3.27. The second-order valence-corrected chi connectivity index (χ2v) is 3.39. The molecule has 0 aliphatic rings. The fraction of sp³-hybridized carbons (Fsp3) is 0.444. The van der Waals surface area contributed by atoms with Crippen molar-refractivity contribution in [2.45, 2.75) is 13.8 Å². The molecule has 0 aromatic carbocycles. The van der Waals surface area contributed by atoms with Crippen LogP contribution in [-0.4, -0.2) is 34.4 Å². The summed E-state index contributed by atoms with van der Waals surface area (Å²) >= 11 is 4.84. The van der Waals surface area contributed by atoms with Crippen molar-refractivity contribution in [2.75, 3.05) is 18.0 Å². The van der Waals surface area contributed by atoms with Gasteiger partial charge in [0.2, 0.25) is 0 Å². The van der Waals surface area contributed by atoms with E-state index in [1.165, 1.54) is 6.07 Å². The Morgan fingerprint density at radius 2 is 2.20 bits per heavy atom. The molecule has 0 aliphatic heterocycles. The molecule has 15 heavy (non-hydrogen) atoms. The molecule has 1 heterocycles. The van der Waals surface area contributed by atoms with Crippen LogP contribution in [0, 0.1) is 4.64 Å². The Labute approximate surface area is 92.7 Å². The molecule has 1 rings (SSSR count). The van der Waals surface area contributed by atoms with Crippen molar-refractivity contribution in [3.63, 3.8) is 0 Å². The molecule has 2 N–H and O–H groups in total. The number of nitrogens with one attached hydrogen (secondary N) is 1. The maximum Gasteiger partial charge on any atom is 0.339 e. The van der Waals surface area contributed by atoms with Gasteiger partial charge in [0.15, 0.2) is 5.82 Å². The predicted molar refractivity (Wildman–Crippen MR) is 59.9 cm³/mol. The highest BCUT2D eigenvalue weighted by Crippen LogP contribution is 2.15. The maximum atomic E-state index is 11.0. The van der Waals surface area contributed by atoms with E-state index in [4.69, 9.17) is 17.3 Å². The van der Waals surface area contributed by atoms with Gasteiger partial charge in [-0.1, -0.05) is 12.2 Å². The second-order valence-electron chi connectivity index (χ2n) is 2.95. The SMILES string of the molecule is CCN(CC)c1n[nH]c(=S)cc1C(=O)O. The smallest absolute Gasteiger partial charge is 0.339 e. The highest BCUT2D eigenvalue weighted by atomic mass is 32.1. The number of hydrogen-bond donors (Lipinski definition) is 2. The molecule has 0 radical (unpaired) electrons. The van der Waals surface area contributed by atoms with Gasteiger partial charge < -0.3 is 10.0 Å². The van der Waals surface area contributed by atoms with Gasteiger partial charge in [0.05, 0.1) is 0 Å². The summed E-state index contributed by atoms with van der Waals surface area (Å²) < 4.78 is 0.323. The van der Waals surface area contributed by atoms with Crippen LogP contribution in [0.1, 0.15) is 24.2 Å². The summed E-state index contributed by atoms with van der Waals surface area (Å²) in [4.78, 5) is 12.8. The summed E-state index contributed by atoms with van der Waals surface area (Å²) in [6, 6.07) is 1.42. The number of nitrogens with zero attached hydrogens (tertiary/aromatic N) is 2. The van der Waals surface area contributed by atoms with Gasteiger partial charge in [-0.15, -0.1) is 0 Å². The molecule has 0 aliphatic carbocycles. The van der Waals surface area contributed by atoms with Gasteiger partial charge >= 0.3 is 5.97 Å². The van der Waals surface area contributed by atoms with E-state index < -0.39 is 5.97 Å². The number of carbonyl (C=O) groups is 1. The number of rotatable bonds is 4. The summed E-state index contributed by atoms with van der Waals surface area (Å²) in [5, 5.41) is 15.6.